The van der Waals surface area contributed by atoms with Crippen molar-refractivity contribution in [3.63, 3.8) is 0 Å². The zero-order chi connectivity index (χ0) is 10.5. The highest BCUT2D eigenvalue weighted by atomic mass is 15.2. The van der Waals surface area contributed by atoms with Gasteiger partial charge in [-0.3, -0.25) is 9.88 Å². The van der Waals surface area contributed by atoms with Crippen LogP contribution in [0.1, 0.15) is 18.5 Å². The van der Waals surface area contributed by atoms with Crippen molar-refractivity contribution in [2.75, 3.05) is 20.1 Å². The number of aromatic nitrogens is 1. The topological polar surface area (TPSA) is 28.2 Å². The molecule has 0 spiro atoms. The average Bonchev–Trinajstić information content (AvgIpc) is 2.31. The van der Waals surface area contributed by atoms with Crippen LogP contribution in [0.15, 0.2) is 24.4 Å². The van der Waals surface area contributed by atoms with Gasteiger partial charge in [0, 0.05) is 25.3 Å². The predicted molar refractivity (Wildman–Crippen MR) is 61.6 cm³/mol. The van der Waals surface area contributed by atoms with Crippen LogP contribution in [-0.2, 0) is 6.54 Å². The standard InChI is InChI=1S/C12H19N3/c1-15(12-6-4-7-13-9-12)10-11-5-2-3-8-14-11/h2-3,5,8,12-13H,4,6-7,9-10H2,1H3/t12-/m0/s1. The molecule has 0 unspecified atom stereocenters. The van der Waals surface area contributed by atoms with Gasteiger partial charge in [-0.25, -0.2) is 0 Å². The van der Waals surface area contributed by atoms with E-state index >= 15 is 0 Å². The van der Waals surface area contributed by atoms with Crippen LogP contribution >= 0.6 is 0 Å². The zero-order valence-electron chi connectivity index (χ0n) is 9.32. The molecule has 1 N–H and O–H groups in total. The minimum atomic E-state index is 0.667. The summed E-state index contributed by atoms with van der Waals surface area (Å²) in [6.45, 7) is 3.24. The molecule has 1 atom stereocenters. The fraction of sp³-hybridized carbons (Fsp3) is 0.583. The Morgan fingerprint density at radius 3 is 3.13 bits per heavy atom. The van der Waals surface area contributed by atoms with E-state index in [9.17, 15) is 0 Å². The molecule has 2 rings (SSSR count). The Morgan fingerprint density at radius 1 is 1.53 bits per heavy atom. The van der Waals surface area contributed by atoms with Gasteiger partial charge in [0.15, 0.2) is 0 Å². The molecular formula is C12H19N3. The Morgan fingerprint density at radius 2 is 2.47 bits per heavy atom. The third kappa shape index (κ3) is 3.01. The molecule has 1 aromatic rings. The maximum atomic E-state index is 4.35. The smallest absolute Gasteiger partial charge is 0.0543 e. The quantitative estimate of drug-likeness (QED) is 0.805. The van der Waals surface area contributed by atoms with E-state index in [1.807, 2.05) is 12.3 Å². The summed E-state index contributed by atoms with van der Waals surface area (Å²) in [5.41, 5.74) is 1.16. The van der Waals surface area contributed by atoms with Crippen molar-refractivity contribution < 1.29 is 0 Å². The lowest BCUT2D eigenvalue weighted by Gasteiger charge is -2.31. The van der Waals surface area contributed by atoms with E-state index < -0.39 is 0 Å². The minimum absolute atomic E-state index is 0.667. The second-order valence-electron chi connectivity index (χ2n) is 4.24. The largest absolute Gasteiger partial charge is 0.315 e. The molecule has 1 aliphatic heterocycles. The average molecular weight is 205 g/mol. The molecular weight excluding hydrogens is 186 g/mol. The van der Waals surface area contributed by atoms with E-state index in [1.54, 1.807) is 0 Å². The summed E-state index contributed by atoms with van der Waals surface area (Å²) in [6.07, 6.45) is 4.45. The normalized spacial score (nSPS) is 21.9. The van der Waals surface area contributed by atoms with Crippen molar-refractivity contribution in [1.82, 2.24) is 15.2 Å². The summed E-state index contributed by atoms with van der Waals surface area (Å²) in [5, 5.41) is 3.44. The molecule has 2 heterocycles. The van der Waals surface area contributed by atoms with Crippen molar-refractivity contribution in [3.8, 4) is 0 Å². The van der Waals surface area contributed by atoms with Crippen molar-refractivity contribution >= 4 is 0 Å². The molecule has 1 saturated heterocycles. The second kappa shape index (κ2) is 5.24. The SMILES string of the molecule is CN(Cc1ccccn1)[C@H]1CCCNC1. The van der Waals surface area contributed by atoms with E-state index in [2.05, 4.69) is 34.4 Å². The van der Waals surface area contributed by atoms with E-state index in [-0.39, 0.29) is 0 Å². The number of hydrogen-bond donors (Lipinski definition) is 1. The summed E-state index contributed by atoms with van der Waals surface area (Å²) < 4.78 is 0. The highest BCUT2D eigenvalue weighted by Crippen LogP contribution is 2.10. The zero-order valence-corrected chi connectivity index (χ0v) is 9.32. The van der Waals surface area contributed by atoms with E-state index in [4.69, 9.17) is 0 Å². The van der Waals surface area contributed by atoms with Crippen molar-refractivity contribution in [2.24, 2.45) is 0 Å². The van der Waals surface area contributed by atoms with Gasteiger partial charge < -0.3 is 5.32 Å². The Kier molecular flexibility index (Phi) is 3.69. The molecule has 3 heteroatoms. The molecule has 1 aromatic heterocycles. The van der Waals surface area contributed by atoms with Gasteiger partial charge in [-0.1, -0.05) is 6.07 Å². The van der Waals surface area contributed by atoms with E-state index in [0.717, 1.165) is 18.8 Å². The van der Waals surface area contributed by atoms with Gasteiger partial charge in [0.1, 0.15) is 0 Å². The lowest BCUT2D eigenvalue weighted by atomic mass is 10.1. The number of nitrogens with zero attached hydrogens (tertiary/aromatic N) is 2. The van der Waals surface area contributed by atoms with Gasteiger partial charge in [0.05, 0.1) is 5.69 Å². The number of piperidine rings is 1. The van der Waals surface area contributed by atoms with Gasteiger partial charge in [0.2, 0.25) is 0 Å². The Hall–Kier alpha value is -0.930. The molecule has 1 fully saturated rings. The maximum Gasteiger partial charge on any atom is 0.0543 e. The third-order valence-corrected chi connectivity index (χ3v) is 3.03. The van der Waals surface area contributed by atoms with Crippen LogP contribution in [0.25, 0.3) is 0 Å². The predicted octanol–water partition coefficient (Wildman–Crippen LogP) is 1.27. The molecule has 0 aromatic carbocycles. The Labute approximate surface area is 91.5 Å². The van der Waals surface area contributed by atoms with Crippen molar-refractivity contribution in [2.45, 2.75) is 25.4 Å². The number of rotatable bonds is 3. The Bertz CT molecular complexity index is 280. The minimum Gasteiger partial charge on any atom is -0.315 e. The fourth-order valence-electron chi connectivity index (χ4n) is 2.09. The van der Waals surface area contributed by atoms with Gasteiger partial charge in [-0.05, 0) is 38.6 Å². The molecule has 0 saturated carbocycles. The monoisotopic (exact) mass is 205 g/mol. The molecule has 0 bridgehead atoms. The van der Waals surface area contributed by atoms with Crippen LogP contribution in [0.2, 0.25) is 0 Å². The van der Waals surface area contributed by atoms with Crippen LogP contribution in [-0.4, -0.2) is 36.1 Å². The molecule has 0 aliphatic carbocycles. The lowest BCUT2D eigenvalue weighted by molar-refractivity contribution is 0.194. The molecule has 0 amide bonds. The molecule has 15 heavy (non-hydrogen) atoms. The molecule has 1 aliphatic rings. The summed E-state index contributed by atoms with van der Waals surface area (Å²) in [7, 11) is 2.19. The molecule has 0 radical (unpaired) electrons. The highest BCUT2D eigenvalue weighted by molar-refractivity contribution is 5.03. The number of hydrogen-bond acceptors (Lipinski definition) is 3. The molecule has 3 nitrogen and oxygen atoms in total. The summed E-state index contributed by atoms with van der Waals surface area (Å²) >= 11 is 0. The van der Waals surface area contributed by atoms with Crippen LogP contribution < -0.4 is 5.32 Å². The summed E-state index contributed by atoms with van der Waals surface area (Å²) in [5.74, 6) is 0. The van der Waals surface area contributed by atoms with Gasteiger partial charge in [0.25, 0.3) is 0 Å². The van der Waals surface area contributed by atoms with E-state index in [1.165, 1.54) is 19.4 Å². The van der Waals surface area contributed by atoms with Crippen LogP contribution in [0.5, 0.6) is 0 Å². The van der Waals surface area contributed by atoms with Gasteiger partial charge in [-0.2, -0.15) is 0 Å². The first-order valence-corrected chi connectivity index (χ1v) is 5.67. The van der Waals surface area contributed by atoms with Crippen LogP contribution in [0.4, 0.5) is 0 Å². The summed E-state index contributed by atoms with van der Waals surface area (Å²) in [6, 6.07) is 6.77. The first kappa shape index (κ1) is 10.6. The maximum absolute atomic E-state index is 4.35. The third-order valence-electron chi connectivity index (χ3n) is 3.03. The highest BCUT2D eigenvalue weighted by Gasteiger charge is 2.17. The van der Waals surface area contributed by atoms with Gasteiger partial charge in [-0.15, -0.1) is 0 Å². The lowest BCUT2D eigenvalue weighted by Crippen LogP contribution is -2.43. The van der Waals surface area contributed by atoms with Crippen LogP contribution in [0.3, 0.4) is 0 Å². The van der Waals surface area contributed by atoms with Gasteiger partial charge >= 0.3 is 0 Å². The summed E-state index contributed by atoms with van der Waals surface area (Å²) in [4.78, 5) is 6.75. The number of pyridine rings is 1. The second-order valence-corrected chi connectivity index (χ2v) is 4.24. The first-order chi connectivity index (χ1) is 7.36. The fourth-order valence-corrected chi connectivity index (χ4v) is 2.09. The molecule has 82 valence electrons. The number of nitrogens with one attached hydrogen (secondary N) is 1. The Balaban J connectivity index is 1.88. The van der Waals surface area contributed by atoms with Crippen LogP contribution in [0, 0.1) is 0 Å². The van der Waals surface area contributed by atoms with E-state index in [0.29, 0.717) is 6.04 Å². The number of likely N-dealkylation sites (N-methyl/N-ethyl adjacent to an activating group) is 1. The first-order valence-electron chi connectivity index (χ1n) is 5.67. The van der Waals surface area contributed by atoms with Crippen molar-refractivity contribution in [3.05, 3.63) is 30.1 Å². The van der Waals surface area contributed by atoms with Crippen molar-refractivity contribution in [1.29, 1.82) is 0 Å².